The van der Waals surface area contributed by atoms with E-state index >= 15 is 0 Å². The Morgan fingerprint density at radius 3 is 1.70 bits per heavy atom. The van der Waals surface area contributed by atoms with Gasteiger partial charge in [-0.25, -0.2) is 9.69 Å². The van der Waals surface area contributed by atoms with Crippen LogP contribution in [0.1, 0.15) is 95.3 Å². The molecule has 0 amide bonds. The summed E-state index contributed by atoms with van der Waals surface area (Å²) in [6.45, 7) is 30.3. The predicted octanol–water partition coefficient (Wildman–Crippen LogP) is 12.5. The van der Waals surface area contributed by atoms with E-state index in [1.807, 2.05) is 26.0 Å². The highest BCUT2D eigenvalue weighted by Crippen LogP contribution is 2.43. The van der Waals surface area contributed by atoms with E-state index in [0.29, 0.717) is 23.9 Å². The molecule has 6 nitrogen and oxygen atoms in total. The van der Waals surface area contributed by atoms with Crippen molar-refractivity contribution in [3.63, 3.8) is 0 Å². The molecule has 0 aliphatic heterocycles. The molecule has 6 rings (SSSR count). The number of fused-ring (bicyclic) bond motifs is 2. The number of nitrogens with zero attached hydrogens (tertiary/aromatic N) is 4. The molecular weight excluding hydrogens is 732 g/mol. The minimum atomic E-state index is -1.74. The number of aromatic nitrogens is 2. The van der Waals surface area contributed by atoms with Crippen molar-refractivity contribution in [1.82, 2.24) is 9.13 Å². The largest absolute Gasteiger partial charge is 0.414 e. The van der Waals surface area contributed by atoms with Crippen LogP contribution < -0.4 is 0 Å². The number of aryl methyl sites for hydroxylation is 2. The van der Waals surface area contributed by atoms with Crippen molar-refractivity contribution in [2.75, 3.05) is 0 Å². The number of hydrogen-bond acceptors (Lipinski definition) is 2. The summed E-state index contributed by atoms with van der Waals surface area (Å²) in [5.41, 5.74) is 5.89. The Morgan fingerprint density at radius 2 is 1.26 bits per heavy atom. The van der Waals surface area contributed by atoms with Crippen LogP contribution in [0, 0.1) is 27.0 Å². The van der Waals surface area contributed by atoms with E-state index < -0.39 is 8.32 Å². The fourth-order valence-electron chi connectivity index (χ4n) is 7.00. The van der Waals surface area contributed by atoms with Gasteiger partial charge >= 0.3 is 0 Å². The number of hydrogen-bond donors (Lipinski definition) is 1. The van der Waals surface area contributed by atoms with Gasteiger partial charge in [0.1, 0.15) is 0 Å². The molecule has 2 aromatic heterocycles. The Bertz CT molecular complexity index is 1860. The molecule has 0 radical (unpaired) electrons. The van der Waals surface area contributed by atoms with Crippen molar-refractivity contribution >= 4 is 73.4 Å². The molecule has 0 saturated heterocycles. The van der Waals surface area contributed by atoms with Crippen molar-refractivity contribution in [3.8, 4) is 0 Å². The third-order valence-corrected chi connectivity index (χ3v) is 16.5. The van der Waals surface area contributed by atoms with Crippen LogP contribution in [-0.2, 0) is 4.43 Å². The number of rotatable bonds is 4. The second kappa shape index (κ2) is 14.2. The molecule has 4 aromatic rings. The van der Waals surface area contributed by atoms with Crippen LogP contribution in [0.4, 0.5) is 11.4 Å². The topological polar surface area (TPSA) is 48.0 Å². The third kappa shape index (κ3) is 7.60. The van der Waals surface area contributed by atoms with Crippen LogP contribution in [-0.4, -0.2) is 34.8 Å². The van der Waals surface area contributed by atoms with Gasteiger partial charge in [-0.15, -0.1) is 0 Å². The molecule has 0 spiro atoms. The summed E-state index contributed by atoms with van der Waals surface area (Å²) < 4.78 is 13.5. The van der Waals surface area contributed by atoms with Crippen molar-refractivity contribution in [2.45, 2.75) is 128 Å². The van der Waals surface area contributed by atoms with E-state index in [-0.39, 0.29) is 11.1 Å². The van der Waals surface area contributed by atoms with Gasteiger partial charge < -0.3 is 18.7 Å². The van der Waals surface area contributed by atoms with Crippen LogP contribution in [0.25, 0.3) is 31.5 Å². The Labute approximate surface area is 298 Å². The number of aliphatic hydroxyl groups is 1. The first-order valence-corrected chi connectivity index (χ1v) is 21.3. The van der Waals surface area contributed by atoms with Crippen molar-refractivity contribution in [1.29, 1.82) is 0 Å². The van der Waals surface area contributed by atoms with Crippen LogP contribution in [0.15, 0.2) is 45.6 Å². The molecule has 0 unspecified atom stereocenters. The molecule has 2 heterocycles. The molecule has 2 aromatic carbocycles. The fraction of sp³-hybridized carbons (Fsp3) is 0.526. The van der Waals surface area contributed by atoms with Crippen LogP contribution in [0.2, 0.25) is 18.1 Å². The minimum Gasteiger partial charge on any atom is -0.414 e. The van der Waals surface area contributed by atoms with Crippen LogP contribution in [0.3, 0.4) is 0 Å². The zero-order valence-electron chi connectivity index (χ0n) is 28.8. The van der Waals surface area contributed by atoms with Gasteiger partial charge in [0, 0.05) is 61.3 Å². The van der Waals surface area contributed by atoms with Gasteiger partial charge in [-0.05, 0) is 151 Å². The molecule has 4 atom stereocenters. The quantitative estimate of drug-likeness (QED) is 0.166. The maximum atomic E-state index is 9.89. The number of benzene rings is 2. The first kappa shape index (κ1) is 35.9. The van der Waals surface area contributed by atoms with Gasteiger partial charge in [0.2, 0.25) is 0 Å². The van der Waals surface area contributed by atoms with E-state index in [0.717, 1.165) is 74.2 Å². The van der Waals surface area contributed by atoms with Gasteiger partial charge in [0.25, 0.3) is 0 Å². The maximum absolute atomic E-state index is 9.89. The smallest absolute Gasteiger partial charge is 0.192 e. The van der Waals surface area contributed by atoms with Gasteiger partial charge in [-0.1, -0.05) is 20.8 Å². The first-order valence-electron chi connectivity index (χ1n) is 16.9. The molecule has 2 saturated carbocycles. The summed E-state index contributed by atoms with van der Waals surface area (Å²) in [6.07, 6.45) is 13.0. The van der Waals surface area contributed by atoms with E-state index in [4.69, 9.17) is 17.6 Å². The lowest BCUT2D eigenvalue weighted by molar-refractivity contribution is 0.105. The van der Waals surface area contributed by atoms with E-state index in [9.17, 15) is 5.11 Å². The molecule has 2 fully saturated rings. The van der Waals surface area contributed by atoms with Crippen molar-refractivity contribution < 1.29 is 9.53 Å². The molecule has 2 aliphatic carbocycles. The SMILES string of the molecule is [C-]#[N+]c1cc2c(Br)cn([C@@H]3CCC[C@H](O)C3)c2cc1C.[C-]#[N+]c1cc2c(Br)cn([C@@H]3CCC[C@H](O[Si](C)(C)C(C)(C)C)C3)c2cc1C. The highest BCUT2D eigenvalue weighted by atomic mass is 79.9. The molecule has 250 valence electrons. The van der Waals surface area contributed by atoms with Gasteiger partial charge in [-0.2, -0.15) is 0 Å². The molecular formula is C38H48Br2N4O2Si. The second-order valence-electron chi connectivity index (χ2n) is 15.1. The monoisotopic (exact) mass is 778 g/mol. The Hall–Kier alpha value is -2.40. The summed E-state index contributed by atoms with van der Waals surface area (Å²) >= 11 is 7.32. The summed E-state index contributed by atoms with van der Waals surface area (Å²) in [7, 11) is -1.74. The number of aliphatic hydroxyl groups excluding tert-OH is 1. The first-order chi connectivity index (χ1) is 22.1. The standard InChI is InChI=1S/C22H31BrN2OSi.C16H17BrN2O/c1-15-11-21-18(13-20(15)24-5)19(23)14-25(21)16-9-8-10-17(12-16)26-27(6,7)22(2,3)4;1-10-6-16-13(8-15(10)18-2)14(17)9-19(16)11-4-3-5-12(20)7-11/h11,13-14,16-17H,8-10,12H2,1-4,6-7H3;6,8-9,11-12,20H,3-5,7H2,1H3/t16-,17+;11-,12+/m11/s1. The zero-order chi connectivity index (χ0) is 34.3. The Kier molecular flexibility index (Phi) is 10.9. The van der Waals surface area contributed by atoms with Gasteiger partial charge in [-0.3, -0.25) is 0 Å². The van der Waals surface area contributed by atoms with Crippen molar-refractivity contribution in [2.24, 2.45) is 0 Å². The third-order valence-electron chi connectivity index (χ3n) is 10.7. The maximum Gasteiger partial charge on any atom is 0.192 e. The van der Waals surface area contributed by atoms with Crippen LogP contribution in [0.5, 0.6) is 0 Å². The summed E-state index contributed by atoms with van der Waals surface area (Å²) in [5.74, 6) is 0. The summed E-state index contributed by atoms with van der Waals surface area (Å²) in [5, 5.41) is 12.4. The highest BCUT2D eigenvalue weighted by molar-refractivity contribution is 9.11. The van der Waals surface area contributed by atoms with E-state index in [1.54, 1.807) is 0 Å². The van der Waals surface area contributed by atoms with E-state index in [2.05, 4.69) is 109 Å². The second-order valence-corrected chi connectivity index (χ2v) is 21.6. The lowest BCUT2D eigenvalue weighted by Crippen LogP contribution is -2.45. The van der Waals surface area contributed by atoms with Crippen molar-refractivity contribution in [3.05, 3.63) is 79.6 Å². The normalized spacial score (nSPS) is 22.0. The molecule has 2 aliphatic rings. The average Bonchev–Trinajstić information content (AvgIpc) is 3.50. The fourth-order valence-corrected chi connectivity index (χ4v) is 9.48. The summed E-state index contributed by atoms with van der Waals surface area (Å²) in [6, 6.07) is 9.05. The Morgan fingerprint density at radius 1 is 0.787 bits per heavy atom. The van der Waals surface area contributed by atoms with E-state index in [1.165, 1.54) is 24.8 Å². The van der Waals surface area contributed by atoms with Gasteiger partial charge in [0.15, 0.2) is 19.7 Å². The molecule has 47 heavy (non-hydrogen) atoms. The minimum absolute atomic E-state index is 0.186. The molecule has 1 N–H and O–H groups in total. The zero-order valence-corrected chi connectivity index (χ0v) is 33.0. The Balaban J connectivity index is 0.000000193. The summed E-state index contributed by atoms with van der Waals surface area (Å²) in [4.78, 5) is 7.24. The molecule has 9 heteroatoms. The molecule has 0 bridgehead atoms. The average molecular weight is 781 g/mol. The number of halogens is 2. The lowest BCUT2D eigenvalue weighted by atomic mass is 9.92. The predicted molar refractivity (Wildman–Crippen MR) is 204 cm³/mol. The highest BCUT2D eigenvalue weighted by Gasteiger charge is 2.40. The van der Waals surface area contributed by atoms with Crippen LogP contribution >= 0.6 is 31.9 Å². The van der Waals surface area contributed by atoms with Gasteiger partial charge in [0.05, 0.1) is 19.2 Å². The lowest BCUT2D eigenvalue weighted by Gasteiger charge is -2.42.